The summed E-state index contributed by atoms with van der Waals surface area (Å²) in [6, 6.07) is 17.8. The van der Waals surface area contributed by atoms with E-state index in [0.29, 0.717) is 40.0 Å². The molecule has 4 amide bonds. The van der Waals surface area contributed by atoms with Crippen LogP contribution in [0, 0.1) is 25.7 Å². The van der Waals surface area contributed by atoms with Gasteiger partial charge in [-0.25, -0.2) is 9.80 Å². The third-order valence-corrected chi connectivity index (χ3v) is 13.3. The molecule has 5 atom stereocenters. The third kappa shape index (κ3) is 3.04. The molecule has 2 saturated heterocycles. The van der Waals surface area contributed by atoms with Gasteiger partial charge in [-0.15, -0.1) is 0 Å². The Kier molecular flexibility index (Phi) is 5.55. The smallest absolute Gasteiger partial charge is 0.266 e. The molecule has 3 aromatic rings. The number of ether oxygens (including phenoxy) is 1. The summed E-state index contributed by atoms with van der Waals surface area (Å²) in [6.07, 6.45) is 0.356. The minimum atomic E-state index is -1.57. The Hall–Kier alpha value is -4.21. The highest BCUT2D eigenvalue weighted by molar-refractivity contribution is 7.89. The molecule has 2 fully saturated rings. The normalized spacial score (nSPS) is 30.4. The summed E-state index contributed by atoms with van der Waals surface area (Å²) in [6.45, 7) is 7.79. The molecular formula is C35H30N2O6S. The Morgan fingerprint density at radius 2 is 1.16 bits per heavy atom. The monoisotopic (exact) mass is 606 g/mol. The summed E-state index contributed by atoms with van der Waals surface area (Å²) >= 11 is 0. The van der Waals surface area contributed by atoms with Gasteiger partial charge in [0.2, 0.25) is 11.8 Å². The van der Waals surface area contributed by atoms with Crippen LogP contribution < -0.4 is 9.80 Å². The molecule has 0 aliphatic carbocycles. The first-order valence-electron chi connectivity index (χ1n) is 14.8. The molecule has 0 aromatic heterocycles. The first-order valence-corrected chi connectivity index (χ1v) is 15.9. The number of imide groups is 2. The van der Waals surface area contributed by atoms with Crippen molar-refractivity contribution in [2.24, 2.45) is 11.8 Å². The predicted octanol–water partition coefficient (Wildman–Crippen LogP) is 4.57. The molecule has 8 rings (SSSR count). The van der Waals surface area contributed by atoms with E-state index in [-0.39, 0.29) is 36.8 Å². The maximum Gasteiger partial charge on any atom is 0.266 e. The lowest BCUT2D eigenvalue weighted by molar-refractivity contribution is -0.122. The van der Waals surface area contributed by atoms with Crippen LogP contribution >= 0.6 is 0 Å². The van der Waals surface area contributed by atoms with E-state index in [1.165, 1.54) is 9.80 Å². The van der Waals surface area contributed by atoms with Crippen LogP contribution in [0.5, 0.6) is 0 Å². The van der Waals surface area contributed by atoms with Crippen LogP contribution in [0.2, 0.25) is 0 Å². The molecule has 2 bridgehead atoms. The summed E-state index contributed by atoms with van der Waals surface area (Å²) in [5, 5.41) is 0. The highest BCUT2D eigenvalue weighted by atomic mass is 32.2. The van der Waals surface area contributed by atoms with E-state index in [1.54, 1.807) is 48.5 Å². The number of nitrogens with zero attached hydrogens (tertiary/aromatic N) is 2. The lowest BCUT2D eigenvalue weighted by atomic mass is 9.64. The number of benzene rings is 3. The summed E-state index contributed by atoms with van der Waals surface area (Å²) in [5.41, 5.74) is 6.51. The van der Waals surface area contributed by atoms with Crippen LogP contribution in [0.1, 0.15) is 56.8 Å². The lowest BCUT2D eigenvalue weighted by Gasteiger charge is -2.36. The molecule has 0 spiro atoms. The van der Waals surface area contributed by atoms with Crippen molar-refractivity contribution in [1.29, 1.82) is 0 Å². The zero-order valence-corrected chi connectivity index (χ0v) is 25.6. The second-order valence-corrected chi connectivity index (χ2v) is 14.9. The van der Waals surface area contributed by atoms with Crippen molar-refractivity contribution in [3.8, 4) is 0 Å². The summed E-state index contributed by atoms with van der Waals surface area (Å²) in [4.78, 5) is 58.2. The Labute approximate surface area is 257 Å². The Morgan fingerprint density at radius 3 is 1.70 bits per heavy atom. The highest BCUT2D eigenvalue weighted by Crippen LogP contribution is 2.66. The van der Waals surface area contributed by atoms with Crippen LogP contribution in [0.25, 0.3) is 0 Å². The predicted molar refractivity (Wildman–Crippen MR) is 165 cm³/mol. The van der Waals surface area contributed by atoms with Crippen molar-refractivity contribution < 1.29 is 28.1 Å². The van der Waals surface area contributed by atoms with Gasteiger partial charge in [0, 0.05) is 10.8 Å². The topological polar surface area (TPSA) is 101 Å². The van der Waals surface area contributed by atoms with Crippen LogP contribution in [0.4, 0.5) is 11.4 Å². The van der Waals surface area contributed by atoms with Crippen LogP contribution in [-0.4, -0.2) is 43.9 Å². The first-order chi connectivity index (χ1) is 21.0. The van der Waals surface area contributed by atoms with E-state index in [4.69, 9.17) is 4.74 Å². The molecule has 4 unspecified atom stereocenters. The fraction of sp³-hybridized carbons (Fsp3) is 0.314. The van der Waals surface area contributed by atoms with Crippen molar-refractivity contribution in [3.63, 3.8) is 0 Å². The Bertz CT molecular complexity index is 1940. The van der Waals surface area contributed by atoms with Crippen molar-refractivity contribution in [1.82, 2.24) is 0 Å². The standard InChI is InChI=1S/C35H30N2O6S/c1-18-22-15-24-25(17-43-16-23(22)19(2)27-26(18)30(38)36(31(27)39)20-11-7-5-8-12-20)35(4)29-28(34(24,3)44(35)42)32(40)37(33(29)41)21-13-9-6-10-14-21/h5-14,28-29H,15-17H2,1-4H3/t28?,29?,34?,35-,44?/m0/s1. The van der Waals surface area contributed by atoms with E-state index in [1.807, 2.05) is 39.8 Å². The van der Waals surface area contributed by atoms with Crippen LogP contribution in [0.3, 0.4) is 0 Å². The number of fused-ring (bicyclic) bond motifs is 9. The molecule has 5 heterocycles. The number of hydrogen-bond donors (Lipinski definition) is 0. The fourth-order valence-electron chi connectivity index (χ4n) is 8.65. The molecule has 44 heavy (non-hydrogen) atoms. The fourth-order valence-corrected chi connectivity index (χ4v) is 11.3. The molecule has 8 nitrogen and oxygen atoms in total. The summed E-state index contributed by atoms with van der Waals surface area (Å²) < 4.78 is 18.6. The van der Waals surface area contributed by atoms with Crippen molar-refractivity contribution in [2.45, 2.75) is 50.2 Å². The zero-order valence-electron chi connectivity index (χ0n) is 24.8. The third-order valence-electron chi connectivity index (χ3n) is 10.8. The maximum atomic E-state index is 14.5. The number of anilines is 2. The van der Waals surface area contributed by atoms with Gasteiger partial charge in [0.15, 0.2) is 0 Å². The lowest BCUT2D eigenvalue weighted by Crippen LogP contribution is -2.44. The van der Waals surface area contributed by atoms with Gasteiger partial charge < -0.3 is 4.74 Å². The van der Waals surface area contributed by atoms with Gasteiger partial charge >= 0.3 is 0 Å². The average molecular weight is 607 g/mol. The number of carbonyl (C=O) groups is 4. The van der Waals surface area contributed by atoms with E-state index in [0.717, 1.165) is 22.3 Å². The van der Waals surface area contributed by atoms with E-state index < -0.39 is 32.1 Å². The zero-order chi connectivity index (χ0) is 30.9. The number of hydrogen-bond acceptors (Lipinski definition) is 6. The number of para-hydroxylation sites is 2. The maximum absolute atomic E-state index is 14.5. The molecule has 5 aliphatic heterocycles. The van der Waals surface area contributed by atoms with Gasteiger partial charge in [0.25, 0.3) is 11.8 Å². The van der Waals surface area contributed by atoms with Crippen molar-refractivity contribution in [2.75, 3.05) is 16.4 Å². The highest BCUT2D eigenvalue weighted by Gasteiger charge is 2.78. The molecule has 0 N–H and O–H groups in total. The Morgan fingerprint density at radius 1 is 0.682 bits per heavy atom. The first kappa shape index (κ1) is 27.3. The van der Waals surface area contributed by atoms with Gasteiger partial charge in [-0.05, 0) is 91.8 Å². The molecule has 5 aliphatic rings. The SMILES string of the molecule is Cc1c2c(c(C)c3c1C(=O)N(c1ccccc1)C3=O)CC1=C(COC2)[C@@]2(C)C3C(=O)N(c4ccccc4)C(=O)C3C1(C)S2=O. The van der Waals surface area contributed by atoms with Gasteiger partial charge in [0.05, 0.1) is 57.0 Å². The van der Waals surface area contributed by atoms with Crippen LogP contribution in [-0.2, 0) is 38.2 Å². The van der Waals surface area contributed by atoms with Gasteiger partial charge in [-0.3, -0.25) is 23.4 Å². The molecule has 0 saturated carbocycles. The van der Waals surface area contributed by atoms with Gasteiger partial charge in [-0.1, -0.05) is 36.4 Å². The van der Waals surface area contributed by atoms with Gasteiger partial charge in [0.1, 0.15) is 0 Å². The largest absolute Gasteiger partial charge is 0.372 e. The van der Waals surface area contributed by atoms with Gasteiger partial charge in [-0.2, -0.15) is 0 Å². The number of rotatable bonds is 2. The summed E-state index contributed by atoms with van der Waals surface area (Å²) in [7, 11) is -1.57. The minimum absolute atomic E-state index is 0.168. The van der Waals surface area contributed by atoms with E-state index in [9.17, 15) is 23.4 Å². The molecule has 3 aromatic carbocycles. The molecule has 9 heteroatoms. The second kappa shape index (κ2) is 8.92. The second-order valence-electron chi connectivity index (χ2n) is 12.7. The molecule has 222 valence electrons. The van der Waals surface area contributed by atoms with Crippen molar-refractivity contribution >= 4 is 45.8 Å². The van der Waals surface area contributed by atoms with Crippen molar-refractivity contribution in [3.05, 3.63) is 105 Å². The minimum Gasteiger partial charge on any atom is -0.372 e. The number of carbonyl (C=O) groups excluding carboxylic acids is 4. The Balaban J connectivity index is 1.27. The average Bonchev–Trinajstić information content (AvgIpc) is 3.55. The van der Waals surface area contributed by atoms with E-state index >= 15 is 0 Å². The summed E-state index contributed by atoms with van der Waals surface area (Å²) in [5.74, 6) is -2.93. The van der Waals surface area contributed by atoms with Crippen LogP contribution in [0.15, 0.2) is 71.8 Å². The number of amides is 4. The molecular weight excluding hydrogens is 576 g/mol. The molecule has 0 radical (unpaired) electrons. The van der Waals surface area contributed by atoms with E-state index in [2.05, 4.69) is 0 Å². The quantitative estimate of drug-likeness (QED) is 0.313.